The van der Waals surface area contributed by atoms with Crippen LogP contribution in [0.1, 0.15) is 11.6 Å². The maximum absolute atomic E-state index is 12.8. The van der Waals surface area contributed by atoms with Gasteiger partial charge in [0.1, 0.15) is 6.04 Å². The van der Waals surface area contributed by atoms with E-state index in [2.05, 4.69) is 15.6 Å². The van der Waals surface area contributed by atoms with Gasteiger partial charge in [-0.05, 0) is 37.9 Å². The van der Waals surface area contributed by atoms with Crippen LogP contribution in [0.25, 0.3) is 0 Å². The number of ether oxygens (including phenoxy) is 1. The number of nitrogens with one attached hydrogen (secondary N) is 2. The molecule has 1 atom stereocenters. The molecule has 1 aromatic carbocycles. The molecule has 0 aliphatic carbocycles. The molecular formula is C17H18N4O3. The molecule has 2 heterocycles. The van der Waals surface area contributed by atoms with Crippen molar-refractivity contribution in [3.63, 3.8) is 0 Å². The molecule has 0 bridgehead atoms. The molecule has 7 heteroatoms. The van der Waals surface area contributed by atoms with Crippen molar-refractivity contribution in [3.05, 3.63) is 48.3 Å². The summed E-state index contributed by atoms with van der Waals surface area (Å²) < 4.78 is 5.46. The monoisotopic (exact) mass is 326 g/mol. The number of pyridine rings is 1. The molecule has 2 aromatic rings. The summed E-state index contributed by atoms with van der Waals surface area (Å²) in [6.07, 6.45) is 3.33. The number of rotatable bonds is 4. The molecule has 0 radical (unpaired) electrons. The Morgan fingerprint density at radius 1 is 1.33 bits per heavy atom. The van der Waals surface area contributed by atoms with Crippen LogP contribution in [0.5, 0.6) is 5.75 Å². The second-order valence-electron chi connectivity index (χ2n) is 5.66. The average Bonchev–Trinajstić information content (AvgIpc) is 2.55. The van der Waals surface area contributed by atoms with Gasteiger partial charge < -0.3 is 15.4 Å². The molecule has 0 spiro atoms. The van der Waals surface area contributed by atoms with Crippen molar-refractivity contribution in [2.45, 2.75) is 6.04 Å². The molecule has 24 heavy (non-hydrogen) atoms. The molecule has 124 valence electrons. The molecule has 2 amide bonds. The number of hydrogen-bond donors (Lipinski definition) is 2. The molecule has 0 saturated heterocycles. The van der Waals surface area contributed by atoms with E-state index in [1.807, 2.05) is 25.1 Å². The van der Waals surface area contributed by atoms with Gasteiger partial charge in [-0.15, -0.1) is 0 Å². The fourth-order valence-corrected chi connectivity index (χ4v) is 2.64. The third kappa shape index (κ3) is 3.21. The Morgan fingerprint density at radius 3 is 2.88 bits per heavy atom. The van der Waals surface area contributed by atoms with Gasteiger partial charge in [0, 0.05) is 12.4 Å². The highest BCUT2D eigenvalue weighted by Gasteiger charge is 2.26. The van der Waals surface area contributed by atoms with Crippen LogP contribution in [0, 0.1) is 0 Å². The Balaban J connectivity index is 1.86. The van der Waals surface area contributed by atoms with Gasteiger partial charge in [-0.2, -0.15) is 0 Å². The first-order valence-electron chi connectivity index (χ1n) is 7.49. The van der Waals surface area contributed by atoms with Crippen LogP contribution in [-0.2, 0) is 9.59 Å². The number of carbonyl (C=O) groups is 2. The van der Waals surface area contributed by atoms with E-state index in [1.54, 1.807) is 36.7 Å². The van der Waals surface area contributed by atoms with Crippen molar-refractivity contribution < 1.29 is 14.3 Å². The SMILES string of the molecule is CN(C)C(C(=O)Nc1cccc2c1OCC(=O)N2)c1cccnc1. The minimum Gasteiger partial charge on any atom is -0.479 e. The van der Waals surface area contributed by atoms with E-state index in [0.717, 1.165) is 5.56 Å². The van der Waals surface area contributed by atoms with Gasteiger partial charge in [-0.25, -0.2) is 0 Å². The zero-order valence-electron chi connectivity index (χ0n) is 13.4. The van der Waals surface area contributed by atoms with Gasteiger partial charge in [0.05, 0.1) is 11.4 Å². The fraction of sp³-hybridized carbons (Fsp3) is 0.235. The summed E-state index contributed by atoms with van der Waals surface area (Å²) in [5.41, 5.74) is 1.86. The second-order valence-corrected chi connectivity index (χ2v) is 5.66. The highest BCUT2D eigenvalue weighted by molar-refractivity contribution is 6.01. The van der Waals surface area contributed by atoms with Crippen molar-refractivity contribution in [1.82, 2.24) is 9.88 Å². The van der Waals surface area contributed by atoms with E-state index in [1.165, 1.54) is 0 Å². The molecule has 0 fully saturated rings. The maximum atomic E-state index is 12.8. The zero-order valence-corrected chi connectivity index (χ0v) is 13.4. The summed E-state index contributed by atoms with van der Waals surface area (Å²) in [4.78, 5) is 30.1. The van der Waals surface area contributed by atoms with Crippen LogP contribution >= 0.6 is 0 Å². The Hall–Kier alpha value is -2.93. The quantitative estimate of drug-likeness (QED) is 0.893. The molecule has 7 nitrogen and oxygen atoms in total. The van der Waals surface area contributed by atoms with E-state index >= 15 is 0 Å². The number of para-hydroxylation sites is 1. The van der Waals surface area contributed by atoms with Gasteiger partial charge in [-0.1, -0.05) is 12.1 Å². The molecule has 1 unspecified atom stereocenters. The second kappa shape index (κ2) is 6.67. The van der Waals surface area contributed by atoms with Crippen LogP contribution in [-0.4, -0.2) is 42.4 Å². The lowest BCUT2D eigenvalue weighted by Gasteiger charge is -2.25. The van der Waals surface area contributed by atoms with Crippen molar-refractivity contribution in [1.29, 1.82) is 0 Å². The number of hydrogen-bond acceptors (Lipinski definition) is 5. The zero-order chi connectivity index (χ0) is 17.1. The number of aromatic nitrogens is 1. The van der Waals surface area contributed by atoms with Gasteiger partial charge in [0.15, 0.2) is 12.4 Å². The lowest BCUT2D eigenvalue weighted by molar-refractivity contribution is -0.120. The largest absolute Gasteiger partial charge is 0.479 e. The van der Waals surface area contributed by atoms with E-state index in [9.17, 15) is 9.59 Å². The van der Waals surface area contributed by atoms with E-state index < -0.39 is 6.04 Å². The highest BCUT2D eigenvalue weighted by atomic mass is 16.5. The number of amides is 2. The van der Waals surface area contributed by atoms with Crippen LogP contribution in [0.2, 0.25) is 0 Å². The van der Waals surface area contributed by atoms with E-state index in [0.29, 0.717) is 17.1 Å². The normalized spacial score (nSPS) is 14.4. The van der Waals surface area contributed by atoms with Gasteiger partial charge in [-0.3, -0.25) is 19.5 Å². The first-order valence-corrected chi connectivity index (χ1v) is 7.49. The van der Waals surface area contributed by atoms with Gasteiger partial charge in [0.2, 0.25) is 5.91 Å². The lowest BCUT2D eigenvalue weighted by atomic mass is 10.1. The van der Waals surface area contributed by atoms with Crippen LogP contribution in [0.15, 0.2) is 42.7 Å². The fourth-order valence-electron chi connectivity index (χ4n) is 2.64. The minimum atomic E-state index is -0.493. The van der Waals surface area contributed by atoms with Crippen LogP contribution < -0.4 is 15.4 Å². The summed E-state index contributed by atoms with van der Waals surface area (Å²) in [5.74, 6) is 0.0450. The molecule has 0 saturated carbocycles. The number of benzene rings is 1. The Morgan fingerprint density at radius 2 is 2.17 bits per heavy atom. The predicted octanol–water partition coefficient (Wildman–Crippen LogP) is 1.65. The number of nitrogens with zero attached hydrogens (tertiary/aromatic N) is 2. The van der Waals surface area contributed by atoms with Gasteiger partial charge >= 0.3 is 0 Å². The summed E-state index contributed by atoms with van der Waals surface area (Å²) in [7, 11) is 3.66. The molecule has 1 aliphatic rings. The number of fused-ring (bicyclic) bond motifs is 1. The number of carbonyl (C=O) groups excluding carboxylic acids is 2. The summed E-state index contributed by atoms with van der Waals surface area (Å²) in [6.45, 7) is -0.0698. The third-order valence-corrected chi connectivity index (χ3v) is 3.66. The molecular weight excluding hydrogens is 308 g/mol. The molecule has 1 aromatic heterocycles. The third-order valence-electron chi connectivity index (χ3n) is 3.66. The average molecular weight is 326 g/mol. The van der Waals surface area contributed by atoms with Gasteiger partial charge in [0.25, 0.3) is 5.91 Å². The number of anilines is 2. The van der Waals surface area contributed by atoms with Crippen molar-refractivity contribution in [2.75, 3.05) is 31.3 Å². The van der Waals surface area contributed by atoms with Crippen LogP contribution in [0.4, 0.5) is 11.4 Å². The molecule has 1 aliphatic heterocycles. The molecule has 3 rings (SSSR count). The van der Waals surface area contributed by atoms with Crippen LogP contribution in [0.3, 0.4) is 0 Å². The Labute approximate surface area is 139 Å². The molecule has 2 N–H and O–H groups in total. The number of likely N-dealkylation sites (N-methyl/N-ethyl adjacent to an activating group) is 1. The summed E-state index contributed by atoms with van der Waals surface area (Å²) in [6, 6.07) is 8.37. The first-order chi connectivity index (χ1) is 11.6. The standard InChI is InChI=1S/C17H18N4O3/c1-21(2)15(11-5-4-8-18-9-11)17(23)20-13-7-3-6-12-16(13)24-10-14(22)19-12/h3-9,15H,10H2,1-2H3,(H,19,22)(H,20,23). The summed E-state index contributed by atoms with van der Waals surface area (Å²) >= 11 is 0. The topological polar surface area (TPSA) is 83.6 Å². The highest BCUT2D eigenvalue weighted by Crippen LogP contribution is 2.36. The Kier molecular flexibility index (Phi) is 4.43. The maximum Gasteiger partial charge on any atom is 0.262 e. The van der Waals surface area contributed by atoms with Crippen molar-refractivity contribution in [2.24, 2.45) is 0 Å². The summed E-state index contributed by atoms with van der Waals surface area (Å²) in [5, 5.41) is 5.60. The Bertz CT molecular complexity index is 762. The smallest absolute Gasteiger partial charge is 0.262 e. The van der Waals surface area contributed by atoms with E-state index in [-0.39, 0.29) is 18.4 Å². The minimum absolute atomic E-state index is 0.0698. The van der Waals surface area contributed by atoms with Crippen molar-refractivity contribution >= 4 is 23.2 Å². The lowest BCUT2D eigenvalue weighted by Crippen LogP contribution is -2.33. The van der Waals surface area contributed by atoms with E-state index in [4.69, 9.17) is 4.74 Å². The first kappa shape index (κ1) is 15.9. The predicted molar refractivity (Wildman–Crippen MR) is 89.9 cm³/mol. The van der Waals surface area contributed by atoms with Crippen molar-refractivity contribution in [3.8, 4) is 5.75 Å².